The second kappa shape index (κ2) is 9.51. The van der Waals surface area contributed by atoms with Crippen LogP contribution in [0, 0.1) is 6.92 Å². The summed E-state index contributed by atoms with van der Waals surface area (Å²) in [5, 5.41) is 5.51. The fourth-order valence-corrected chi connectivity index (χ4v) is 4.96. The number of benzene rings is 3. The first-order chi connectivity index (χ1) is 15.8. The molecule has 0 aliphatic carbocycles. The van der Waals surface area contributed by atoms with E-state index in [1.54, 1.807) is 60.7 Å². The van der Waals surface area contributed by atoms with Gasteiger partial charge < -0.3 is 14.2 Å². The molecular formula is C23H20Cl2N2O5S. The van der Waals surface area contributed by atoms with Crippen molar-refractivity contribution in [3.63, 3.8) is 0 Å². The van der Waals surface area contributed by atoms with E-state index in [0.29, 0.717) is 32.4 Å². The molecule has 7 nitrogen and oxygen atoms in total. The molecule has 33 heavy (non-hydrogen) atoms. The van der Waals surface area contributed by atoms with Crippen molar-refractivity contribution in [2.24, 2.45) is 0 Å². The van der Waals surface area contributed by atoms with Crippen LogP contribution in [0.5, 0.6) is 17.4 Å². The molecule has 0 bridgehead atoms. The summed E-state index contributed by atoms with van der Waals surface area (Å²) in [6, 6.07) is 16.6. The molecule has 0 saturated carbocycles. The minimum Gasteiger partial charge on any atom is -0.497 e. The number of hydrogen-bond donors (Lipinski definition) is 0. The van der Waals surface area contributed by atoms with Crippen LogP contribution >= 0.6 is 23.2 Å². The van der Waals surface area contributed by atoms with Crippen molar-refractivity contribution in [3.05, 3.63) is 76.3 Å². The number of ether oxygens (including phenoxy) is 3. The van der Waals surface area contributed by atoms with Crippen LogP contribution < -0.4 is 14.2 Å². The molecule has 172 valence electrons. The number of halogens is 2. The van der Waals surface area contributed by atoms with Gasteiger partial charge in [-0.25, -0.2) is 0 Å². The Morgan fingerprint density at radius 1 is 0.939 bits per heavy atom. The highest BCUT2D eigenvalue weighted by molar-refractivity contribution is 7.90. The van der Waals surface area contributed by atoms with Crippen LogP contribution in [0.25, 0.3) is 10.9 Å². The molecule has 3 aromatic carbocycles. The van der Waals surface area contributed by atoms with E-state index >= 15 is 0 Å². The lowest BCUT2D eigenvalue weighted by atomic mass is 10.2. The average Bonchev–Trinajstić information content (AvgIpc) is 3.17. The Morgan fingerprint density at radius 3 is 2.27 bits per heavy atom. The fourth-order valence-electron chi connectivity index (χ4n) is 3.17. The molecule has 0 spiro atoms. The summed E-state index contributed by atoms with van der Waals surface area (Å²) in [6.07, 6.45) is 0. The third-order valence-corrected chi connectivity index (χ3v) is 7.05. The smallest absolute Gasteiger partial charge is 0.283 e. The highest BCUT2D eigenvalue weighted by Crippen LogP contribution is 2.33. The van der Waals surface area contributed by atoms with Gasteiger partial charge in [0.15, 0.2) is 5.75 Å². The van der Waals surface area contributed by atoms with E-state index in [2.05, 4.69) is 5.10 Å². The molecule has 0 radical (unpaired) electrons. The second-order valence-electron chi connectivity index (χ2n) is 7.10. The van der Waals surface area contributed by atoms with Crippen molar-refractivity contribution < 1.29 is 22.6 Å². The van der Waals surface area contributed by atoms with Crippen molar-refractivity contribution >= 4 is 44.1 Å². The lowest BCUT2D eigenvalue weighted by Gasteiger charge is -2.10. The van der Waals surface area contributed by atoms with Crippen LogP contribution in [0.2, 0.25) is 10.0 Å². The Morgan fingerprint density at radius 2 is 1.61 bits per heavy atom. The van der Waals surface area contributed by atoms with Crippen LogP contribution in [-0.2, 0) is 10.0 Å². The summed E-state index contributed by atoms with van der Waals surface area (Å²) in [4.78, 5) is 0.122. The van der Waals surface area contributed by atoms with E-state index in [1.165, 1.54) is 7.11 Å². The quantitative estimate of drug-likeness (QED) is 0.299. The van der Waals surface area contributed by atoms with Gasteiger partial charge in [0.05, 0.1) is 33.0 Å². The predicted octanol–water partition coefficient (Wildman–Crippen LogP) is 5.35. The van der Waals surface area contributed by atoms with E-state index in [9.17, 15) is 8.42 Å². The lowest BCUT2D eigenvalue weighted by Crippen LogP contribution is -2.15. The minimum absolute atomic E-state index is 0.0788. The number of nitrogens with zero attached hydrogens (tertiary/aromatic N) is 2. The summed E-state index contributed by atoms with van der Waals surface area (Å²) in [5.41, 5.74) is 1.31. The van der Waals surface area contributed by atoms with Gasteiger partial charge in [-0.2, -0.15) is 8.42 Å². The summed E-state index contributed by atoms with van der Waals surface area (Å²) >= 11 is 12.2. The van der Waals surface area contributed by atoms with Crippen molar-refractivity contribution in [2.75, 3.05) is 20.3 Å². The first-order valence-electron chi connectivity index (χ1n) is 9.90. The lowest BCUT2D eigenvalue weighted by molar-refractivity contribution is 0.213. The van der Waals surface area contributed by atoms with E-state index in [0.717, 1.165) is 9.65 Å². The summed E-state index contributed by atoms with van der Waals surface area (Å²) < 4.78 is 44.2. The number of aromatic nitrogens is 2. The Labute approximate surface area is 201 Å². The van der Waals surface area contributed by atoms with Gasteiger partial charge in [0.2, 0.25) is 5.88 Å². The Hall–Kier alpha value is -2.94. The molecule has 1 heterocycles. The molecule has 4 rings (SSSR count). The predicted molar refractivity (Wildman–Crippen MR) is 127 cm³/mol. The third-order valence-electron chi connectivity index (χ3n) is 4.86. The second-order valence-corrected chi connectivity index (χ2v) is 9.68. The van der Waals surface area contributed by atoms with Crippen molar-refractivity contribution in [1.29, 1.82) is 0 Å². The Balaban J connectivity index is 1.63. The van der Waals surface area contributed by atoms with E-state index in [1.807, 2.05) is 6.92 Å². The van der Waals surface area contributed by atoms with Crippen molar-refractivity contribution in [1.82, 2.24) is 9.19 Å². The number of fused-ring (bicyclic) bond motifs is 1. The van der Waals surface area contributed by atoms with E-state index in [4.69, 9.17) is 37.4 Å². The molecule has 0 aliphatic heterocycles. The zero-order chi connectivity index (χ0) is 23.6. The topological polar surface area (TPSA) is 79.7 Å². The zero-order valence-corrected chi connectivity index (χ0v) is 20.1. The SMILES string of the molecule is COc1ccc2c(c1)c(OCCOc1c(Cl)cccc1Cl)nn2S(=O)(=O)c1ccc(C)cc1. The first kappa shape index (κ1) is 23.2. The van der Waals surface area contributed by atoms with E-state index in [-0.39, 0.29) is 24.0 Å². The third kappa shape index (κ3) is 4.73. The van der Waals surface area contributed by atoms with Gasteiger partial charge in [-0.1, -0.05) is 47.0 Å². The number of aryl methyl sites for hydroxylation is 1. The van der Waals surface area contributed by atoms with Gasteiger partial charge in [-0.15, -0.1) is 9.19 Å². The molecule has 0 fully saturated rings. The van der Waals surface area contributed by atoms with Gasteiger partial charge in [-0.05, 0) is 49.4 Å². The van der Waals surface area contributed by atoms with Crippen molar-refractivity contribution in [3.8, 4) is 17.4 Å². The molecule has 0 saturated heterocycles. The van der Waals surface area contributed by atoms with Gasteiger partial charge in [0.25, 0.3) is 10.0 Å². The van der Waals surface area contributed by atoms with Crippen molar-refractivity contribution in [2.45, 2.75) is 11.8 Å². The fraction of sp³-hybridized carbons (Fsp3) is 0.174. The zero-order valence-electron chi connectivity index (χ0n) is 17.8. The maximum atomic E-state index is 13.3. The largest absolute Gasteiger partial charge is 0.497 e. The molecule has 1 aromatic heterocycles. The molecule has 0 aliphatic rings. The maximum Gasteiger partial charge on any atom is 0.283 e. The minimum atomic E-state index is -3.95. The number of para-hydroxylation sites is 1. The van der Waals surface area contributed by atoms with Crippen LogP contribution in [0.3, 0.4) is 0 Å². The molecule has 4 aromatic rings. The number of methoxy groups -OCH3 is 1. The number of hydrogen-bond acceptors (Lipinski definition) is 6. The van der Waals surface area contributed by atoms with Gasteiger partial charge in [0.1, 0.15) is 19.0 Å². The van der Waals surface area contributed by atoms with E-state index < -0.39 is 10.0 Å². The van der Waals surface area contributed by atoms with Crippen LogP contribution in [0.4, 0.5) is 0 Å². The molecule has 0 atom stereocenters. The first-order valence-corrected chi connectivity index (χ1v) is 12.1. The maximum absolute atomic E-state index is 13.3. The normalized spacial score (nSPS) is 11.5. The number of rotatable bonds is 8. The molecule has 10 heteroatoms. The van der Waals surface area contributed by atoms with Gasteiger partial charge in [0, 0.05) is 0 Å². The van der Waals surface area contributed by atoms with Crippen LogP contribution in [0.15, 0.2) is 65.6 Å². The molecule has 0 unspecified atom stereocenters. The summed E-state index contributed by atoms with van der Waals surface area (Å²) in [6.45, 7) is 2.08. The Bertz CT molecular complexity index is 1380. The van der Waals surface area contributed by atoms with Gasteiger partial charge >= 0.3 is 0 Å². The highest BCUT2D eigenvalue weighted by atomic mass is 35.5. The molecule has 0 N–H and O–H groups in total. The van der Waals surface area contributed by atoms with Gasteiger partial charge in [-0.3, -0.25) is 0 Å². The summed E-state index contributed by atoms with van der Waals surface area (Å²) in [5.74, 6) is 1.02. The molecular weight excluding hydrogens is 487 g/mol. The monoisotopic (exact) mass is 506 g/mol. The van der Waals surface area contributed by atoms with Crippen LogP contribution in [-0.4, -0.2) is 37.9 Å². The van der Waals surface area contributed by atoms with Crippen LogP contribution in [0.1, 0.15) is 5.56 Å². The average molecular weight is 507 g/mol. The standard InChI is InChI=1S/C23H20Cl2N2O5S/c1-15-6-9-17(10-7-15)33(28,29)27-21-11-8-16(30-2)14-18(21)23(26-27)32-13-12-31-22-19(24)4-3-5-20(22)25/h3-11,14H,12-13H2,1-2H3. The highest BCUT2D eigenvalue weighted by Gasteiger charge is 2.24. The Kier molecular flexibility index (Phi) is 6.69. The molecule has 0 amide bonds. The summed E-state index contributed by atoms with van der Waals surface area (Å²) in [7, 11) is -2.42.